The van der Waals surface area contributed by atoms with Crippen molar-refractivity contribution in [1.82, 2.24) is 0 Å². The van der Waals surface area contributed by atoms with Crippen molar-refractivity contribution in [3.8, 4) is 5.75 Å². The molecule has 1 atom stereocenters. The number of nitrogens with two attached hydrogens (primary N) is 1. The molecule has 1 heterocycles. The lowest BCUT2D eigenvalue weighted by molar-refractivity contribution is 0.146. The molecular weight excluding hydrogens is 348 g/mol. The fourth-order valence-electron chi connectivity index (χ4n) is 4.57. The summed E-state index contributed by atoms with van der Waals surface area (Å²) in [6, 6.07) is 2.47. The highest BCUT2D eigenvalue weighted by atomic mass is 16.5. The van der Waals surface area contributed by atoms with Gasteiger partial charge in [-0.05, 0) is 74.8 Å². The van der Waals surface area contributed by atoms with E-state index in [2.05, 4.69) is 32.9 Å². The summed E-state index contributed by atoms with van der Waals surface area (Å²) in [6.45, 7) is 7.73. The van der Waals surface area contributed by atoms with Gasteiger partial charge in [-0.15, -0.1) is 0 Å². The van der Waals surface area contributed by atoms with E-state index in [0.717, 1.165) is 24.3 Å². The zero-order valence-corrected chi connectivity index (χ0v) is 18.0. The third-order valence-corrected chi connectivity index (χ3v) is 6.41. The van der Waals surface area contributed by atoms with Gasteiger partial charge in [-0.3, -0.25) is 4.99 Å². The van der Waals surface area contributed by atoms with Gasteiger partial charge in [0.2, 0.25) is 0 Å². The summed E-state index contributed by atoms with van der Waals surface area (Å²) in [6.07, 6.45) is 10.6. The maximum absolute atomic E-state index is 6.33. The summed E-state index contributed by atoms with van der Waals surface area (Å²) in [5.41, 5.74) is 13.7. The molecular formula is C24H36N2O2. The van der Waals surface area contributed by atoms with Crippen LogP contribution in [0, 0.1) is 26.7 Å². The van der Waals surface area contributed by atoms with Crippen LogP contribution in [0.4, 0.5) is 0 Å². The Morgan fingerprint density at radius 2 is 1.82 bits per heavy atom. The third kappa shape index (κ3) is 4.78. The average Bonchev–Trinajstić information content (AvgIpc) is 2.71. The van der Waals surface area contributed by atoms with Gasteiger partial charge in [0, 0.05) is 18.7 Å². The van der Waals surface area contributed by atoms with Crippen LogP contribution in [-0.2, 0) is 11.2 Å². The molecule has 1 saturated carbocycles. The van der Waals surface area contributed by atoms with E-state index in [1.807, 2.05) is 0 Å². The van der Waals surface area contributed by atoms with Crippen LogP contribution in [0.2, 0.25) is 0 Å². The molecule has 1 aromatic carbocycles. The van der Waals surface area contributed by atoms with Crippen molar-refractivity contribution in [2.24, 2.45) is 16.6 Å². The van der Waals surface area contributed by atoms with E-state index in [0.29, 0.717) is 25.2 Å². The summed E-state index contributed by atoms with van der Waals surface area (Å²) in [7, 11) is 1.70. The second kappa shape index (κ2) is 9.60. The normalized spacial score (nSPS) is 20.6. The van der Waals surface area contributed by atoms with Crippen molar-refractivity contribution in [3.63, 3.8) is 0 Å². The monoisotopic (exact) mass is 384 g/mol. The van der Waals surface area contributed by atoms with Gasteiger partial charge in [0.1, 0.15) is 12.4 Å². The fourth-order valence-corrected chi connectivity index (χ4v) is 4.57. The molecule has 0 radical (unpaired) electrons. The van der Waals surface area contributed by atoms with Gasteiger partial charge < -0.3 is 15.2 Å². The number of dihydropyridines is 1. The van der Waals surface area contributed by atoms with Crippen LogP contribution in [0.1, 0.15) is 60.8 Å². The Bertz CT molecular complexity index is 745. The second-order valence-electron chi connectivity index (χ2n) is 8.36. The summed E-state index contributed by atoms with van der Waals surface area (Å²) >= 11 is 0. The van der Waals surface area contributed by atoms with Crippen molar-refractivity contribution in [2.75, 3.05) is 20.3 Å². The Balaban J connectivity index is 1.77. The number of benzene rings is 1. The number of nitrogens with zero attached hydrogens (tertiary/aromatic N) is 1. The Morgan fingerprint density at radius 1 is 1.07 bits per heavy atom. The predicted octanol–water partition coefficient (Wildman–Crippen LogP) is 4.82. The van der Waals surface area contributed by atoms with Crippen LogP contribution in [0.25, 0.3) is 0 Å². The Labute approximate surface area is 170 Å². The first-order valence-corrected chi connectivity index (χ1v) is 10.8. The number of hydrogen-bond acceptors (Lipinski definition) is 4. The van der Waals surface area contributed by atoms with Crippen molar-refractivity contribution >= 4 is 5.71 Å². The number of aliphatic imine (C=N–C) groups is 1. The summed E-state index contributed by atoms with van der Waals surface area (Å²) < 4.78 is 11.0. The van der Waals surface area contributed by atoms with E-state index in [1.54, 1.807) is 7.11 Å². The molecule has 28 heavy (non-hydrogen) atoms. The highest BCUT2D eigenvalue weighted by Gasteiger charge is 2.25. The molecule has 0 bridgehead atoms. The van der Waals surface area contributed by atoms with E-state index < -0.39 is 0 Å². The first-order chi connectivity index (χ1) is 13.5. The fraction of sp³-hybridized carbons (Fsp3) is 0.625. The van der Waals surface area contributed by atoms with Gasteiger partial charge in [-0.2, -0.15) is 0 Å². The highest BCUT2D eigenvalue weighted by molar-refractivity contribution is 6.01. The van der Waals surface area contributed by atoms with Crippen LogP contribution >= 0.6 is 0 Å². The van der Waals surface area contributed by atoms with Crippen molar-refractivity contribution < 1.29 is 9.47 Å². The molecule has 0 spiro atoms. The Morgan fingerprint density at radius 3 is 2.54 bits per heavy atom. The van der Waals surface area contributed by atoms with Gasteiger partial charge in [0.05, 0.1) is 18.4 Å². The molecule has 3 rings (SSSR count). The first kappa shape index (κ1) is 20.9. The molecule has 4 nitrogen and oxygen atoms in total. The van der Waals surface area contributed by atoms with E-state index in [1.165, 1.54) is 60.1 Å². The summed E-state index contributed by atoms with van der Waals surface area (Å²) in [4.78, 5) is 5.15. The van der Waals surface area contributed by atoms with Gasteiger partial charge in [0.25, 0.3) is 0 Å². The molecule has 1 aliphatic heterocycles. The van der Waals surface area contributed by atoms with Crippen molar-refractivity contribution in [1.29, 1.82) is 0 Å². The lowest BCUT2D eigenvalue weighted by Gasteiger charge is -2.28. The van der Waals surface area contributed by atoms with Crippen LogP contribution in [0.5, 0.6) is 5.75 Å². The molecule has 2 aliphatic rings. The minimum Gasteiger partial charge on any atom is -0.491 e. The quantitative estimate of drug-likeness (QED) is 0.686. The maximum atomic E-state index is 6.33. The Kier molecular flexibility index (Phi) is 7.17. The lowest BCUT2D eigenvalue weighted by atomic mass is 9.83. The molecule has 1 fully saturated rings. The zero-order chi connectivity index (χ0) is 20.1. The third-order valence-electron chi connectivity index (χ3n) is 6.41. The molecule has 0 saturated heterocycles. The van der Waals surface area contributed by atoms with Gasteiger partial charge >= 0.3 is 0 Å². The predicted molar refractivity (Wildman–Crippen MR) is 116 cm³/mol. The maximum Gasteiger partial charge on any atom is 0.122 e. The highest BCUT2D eigenvalue weighted by Crippen LogP contribution is 2.32. The average molecular weight is 385 g/mol. The smallest absolute Gasteiger partial charge is 0.122 e. The summed E-state index contributed by atoms with van der Waals surface area (Å²) in [5.74, 6) is 1.53. The standard InChI is InChI=1S/C24H36N2O2/c1-16-14-23(28-13-12-27-4)18(3)17(2)21(16)15-20-10-11-22(25)24(26-20)19-8-6-5-7-9-19/h11,14,19-20H,5-10,12-13,15,25H2,1-4H3. The molecule has 1 unspecified atom stereocenters. The largest absolute Gasteiger partial charge is 0.491 e. The van der Waals surface area contributed by atoms with Crippen molar-refractivity contribution in [3.05, 3.63) is 40.1 Å². The molecule has 2 N–H and O–H groups in total. The lowest BCUT2D eigenvalue weighted by Crippen LogP contribution is -2.29. The molecule has 0 aromatic heterocycles. The minimum absolute atomic E-state index is 0.293. The Hall–Kier alpha value is -1.81. The molecule has 1 aliphatic carbocycles. The number of aryl methyl sites for hydroxylation is 1. The topological polar surface area (TPSA) is 56.8 Å². The first-order valence-electron chi connectivity index (χ1n) is 10.8. The SMILES string of the molecule is COCCOc1cc(C)c(CC2CC=C(N)C(C3CCCCC3)=N2)c(C)c1C. The number of allylic oxidation sites excluding steroid dienone is 1. The van der Waals surface area contributed by atoms with Gasteiger partial charge in [-0.25, -0.2) is 0 Å². The van der Waals surface area contributed by atoms with Gasteiger partial charge in [0.15, 0.2) is 0 Å². The number of rotatable bonds is 7. The van der Waals surface area contributed by atoms with Crippen LogP contribution in [0.15, 0.2) is 22.8 Å². The number of ether oxygens (including phenoxy) is 2. The van der Waals surface area contributed by atoms with Crippen LogP contribution in [0.3, 0.4) is 0 Å². The van der Waals surface area contributed by atoms with Gasteiger partial charge in [-0.1, -0.05) is 25.3 Å². The number of methoxy groups -OCH3 is 1. The van der Waals surface area contributed by atoms with Crippen LogP contribution < -0.4 is 10.5 Å². The molecule has 1 aromatic rings. The zero-order valence-electron chi connectivity index (χ0n) is 18.0. The molecule has 154 valence electrons. The minimum atomic E-state index is 0.293. The number of hydrogen-bond donors (Lipinski definition) is 1. The molecule has 4 heteroatoms. The van der Waals surface area contributed by atoms with Crippen LogP contribution in [-0.4, -0.2) is 32.1 Å². The second-order valence-corrected chi connectivity index (χ2v) is 8.36. The van der Waals surface area contributed by atoms with E-state index in [-0.39, 0.29) is 0 Å². The molecule has 0 amide bonds. The van der Waals surface area contributed by atoms with Crippen molar-refractivity contribution in [2.45, 2.75) is 71.8 Å². The van der Waals surface area contributed by atoms with E-state index >= 15 is 0 Å². The summed E-state index contributed by atoms with van der Waals surface area (Å²) in [5, 5.41) is 0. The van der Waals surface area contributed by atoms with E-state index in [9.17, 15) is 0 Å². The van der Waals surface area contributed by atoms with E-state index in [4.69, 9.17) is 20.2 Å².